The van der Waals surface area contributed by atoms with Crippen molar-refractivity contribution in [3.8, 4) is 0 Å². The maximum absolute atomic E-state index is 12.6. The number of thiophene rings is 1. The lowest BCUT2D eigenvalue weighted by atomic mass is 10.4. The Bertz CT molecular complexity index is 441. The monoisotopic (exact) mass is 286 g/mol. The molecule has 0 aliphatic heterocycles. The summed E-state index contributed by atoms with van der Waals surface area (Å²) in [7, 11) is 0. The smallest absolute Gasteiger partial charge is 0.141 e. The Kier molecular flexibility index (Phi) is 3.33. The molecule has 0 unspecified atom stereocenters. The first-order chi connectivity index (χ1) is 7.25. The van der Waals surface area contributed by atoms with Gasteiger partial charge in [-0.15, -0.1) is 11.3 Å². The lowest BCUT2D eigenvalue weighted by Crippen LogP contribution is -1.99. The van der Waals surface area contributed by atoms with Crippen LogP contribution in [0.2, 0.25) is 0 Å². The number of aromatic nitrogens is 1. The highest BCUT2D eigenvalue weighted by Gasteiger charge is 2.01. The molecule has 0 radical (unpaired) electrons. The summed E-state index contributed by atoms with van der Waals surface area (Å²) in [4.78, 5) is 5.11. The van der Waals surface area contributed by atoms with Crippen LogP contribution >= 0.6 is 27.3 Å². The predicted octanol–water partition coefficient (Wildman–Crippen LogP) is 3.66. The van der Waals surface area contributed by atoms with E-state index in [1.807, 2.05) is 11.4 Å². The number of halogens is 2. The van der Waals surface area contributed by atoms with E-state index in [9.17, 15) is 4.39 Å². The molecule has 2 rings (SSSR count). The number of rotatable bonds is 3. The minimum Gasteiger partial charge on any atom is -0.365 e. The number of hydrogen-bond donors (Lipinski definition) is 1. The van der Waals surface area contributed by atoms with Crippen molar-refractivity contribution in [2.24, 2.45) is 0 Å². The second kappa shape index (κ2) is 4.72. The Morgan fingerprint density at radius 2 is 2.27 bits per heavy atom. The molecule has 78 valence electrons. The van der Waals surface area contributed by atoms with E-state index < -0.39 is 0 Å². The molecule has 2 nitrogen and oxygen atoms in total. The van der Waals surface area contributed by atoms with Gasteiger partial charge >= 0.3 is 0 Å². The van der Waals surface area contributed by atoms with Gasteiger partial charge in [-0.2, -0.15) is 0 Å². The lowest BCUT2D eigenvalue weighted by Gasteiger charge is -2.03. The van der Waals surface area contributed by atoms with Crippen LogP contribution < -0.4 is 5.32 Å². The van der Waals surface area contributed by atoms with Gasteiger partial charge in [0.2, 0.25) is 0 Å². The molecule has 0 bridgehead atoms. The zero-order valence-corrected chi connectivity index (χ0v) is 10.1. The summed E-state index contributed by atoms with van der Waals surface area (Å²) in [6.07, 6.45) is 1.20. The average molecular weight is 287 g/mol. The number of pyridine rings is 1. The van der Waals surface area contributed by atoms with Gasteiger partial charge in [-0.3, -0.25) is 0 Å². The summed E-state index contributed by atoms with van der Waals surface area (Å²) in [5.74, 6) is 0.356. The fourth-order valence-corrected chi connectivity index (χ4v) is 2.53. The second-order valence-corrected chi connectivity index (χ2v) is 4.76. The highest BCUT2D eigenvalue weighted by atomic mass is 79.9. The Morgan fingerprint density at radius 3 is 2.87 bits per heavy atom. The SMILES string of the molecule is Fc1ccc(NCc2sccc2Br)nc1. The average Bonchev–Trinajstić information content (AvgIpc) is 2.63. The molecule has 0 aliphatic rings. The summed E-state index contributed by atoms with van der Waals surface area (Å²) in [5.41, 5.74) is 0. The number of anilines is 1. The van der Waals surface area contributed by atoms with Gasteiger partial charge in [0, 0.05) is 9.35 Å². The largest absolute Gasteiger partial charge is 0.365 e. The molecular formula is C10H8BrFN2S. The van der Waals surface area contributed by atoms with Crippen molar-refractivity contribution in [1.82, 2.24) is 4.98 Å². The zero-order chi connectivity index (χ0) is 10.7. The molecule has 0 saturated heterocycles. The van der Waals surface area contributed by atoms with Gasteiger partial charge in [-0.05, 0) is 39.5 Å². The molecule has 0 spiro atoms. The Balaban J connectivity index is 1.99. The van der Waals surface area contributed by atoms with Crippen LogP contribution in [-0.4, -0.2) is 4.98 Å². The van der Waals surface area contributed by atoms with E-state index in [4.69, 9.17) is 0 Å². The minimum absolute atomic E-state index is 0.321. The molecule has 2 heterocycles. The zero-order valence-electron chi connectivity index (χ0n) is 7.71. The first kappa shape index (κ1) is 10.6. The standard InChI is InChI=1S/C10H8BrFN2S/c11-8-3-4-15-9(8)6-14-10-2-1-7(12)5-13-10/h1-5H,6H2,(H,13,14). The van der Waals surface area contributed by atoms with E-state index in [1.54, 1.807) is 17.4 Å². The van der Waals surface area contributed by atoms with Crippen LogP contribution in [0.1, 0.15) is 4.88 Å². The van der Waals surface area contributed by atoms with E-state index in [0.717, 1.165) is 4.47 Å². The van der Waals surface area contributed by atoms with Crippen LogP contribution in [0, 0.1) is 5.82 Å². The molecule has 0 amide bonds. The first-order valence-corrected chi connectivity index (χ1v) is 6.00. The second-order valence-electron chi connectivity index (χ2n) is 2.91. The molecule has 2 aromatic rings. The lowest BCUT2D eigenvalue weighted by molar-refractivity contribution is 0.621. The molecule has 0 aliphatic carbocycles. The number of nitrogens with one attached hydrogen (secondary N) is 1. The van der Waals surface area contributed by atoms with Crippen molar-refractivity contribution in [3.05, 3.63) is 44.9 Å². The van der Waals surface area contributed by atoms with Crippen molar-refractivity contribution in [3.63, 3.8) is 0 Å². The van der Waals surface area contributed by atoms with E-state index in [-0.39, 0.29) is 5.82 Å². The van der Waals surface area contributed by atoms with E-state index in [0.29, 0.717) is 12.4 Å². The third-order valence-corrected chi connectivity index (χ3v) is 3.77. The van der Waals surface area contributed by atoms with E-state index >= 15 is 0 Å². The molecule has 15 heavy (non-hydrogen) atoms. The molecular weight excluding hydrogens is 279 g/mol. The van der Waals surface area contributed by atoms with Crippen molar-refractivity contribution in [2.75, 3.05) is 5.32 Å². The Labute approximate surface area is 99.3 Å². The van der Waals surface area contributed by atoms with Crippen LogP contribution in [0.25, 0.3) is 0 Å². The fourth-order valence-electron chi connectivity index (χ4n) is 1.10. The van der Waals surface area contributed by atoms with Crippen LogP contribution in [0.3, 0.4) is 0 Å². The summed E-state index contributed by atoms with van der Waals surface area (Å²) < 4.78 is 13.7. The number of hydrogen-bond acceptors (Lipinski definition) is 3. The summed E-state index contributed by atoms with van der Waals surface area (Å²) in [6, 6.07) is 5.01. The van der Waals surface area contributed by atoms with E-state index in [2.05, 4.69) is 26.2 Å². The maximum Gasteiger partial charge on any atom is 0.141 e. The minimum atomic E-state index is -0.321. The van der Waals surface area contributed by atoms with E-state index in [1.165, 1.54) is 17.1 Å². The highest BCUT2D eigenvalue weighted by molar-refractivity contribution is 9.10. The molecule has 5 heteroatoms. The Morgan fingerprint density at radius 1 is 1.40 bits per heavy atom. The molecule has 0 saturated carbocycles. The van der Waals surface area contributed by atoms with Crippen LogP contribution in [0.4, 0.5) is 10.2 Å². The van der Waals surface area contributed by atoms with Crippen LogP contribution in [0.15, 0.2) is 34.2 Å². The van der Waals surface area contributed by atoms with Crippen molar-refractivity contribution < 1.29 is 4.39 Å². The van der Waals surface area contributed by atoms with Gasteiger partial charge < -0.3 is 5.32 Å². The first-order valence-electron chi connectivity index (χ1n) is 4.33. The molecule has 0 aromatic carbocycles. The molecule has 2 aromatic heterocycles. The van der Waals surface area contributed by atoms with Crippen molar-refractivity contribution >= 4 is 33.1 Å². The molecule has 1 N–H and O–H groups in total. The van der Waals surface area contributed by atoms with Gasteiger partial charge in [0.05, 0.1) is 12.7 Å². The van der Waals surface area contributed by atoms with Gasteiger partial charge in [-0.1, -0.05) is 0 Å². The normalized spacial score (nSPS) is 10.3. The van der Waals surface area contributed by atoms with Crippen LogP contribution in [-0.2, 0) is 6.54 Å². The van der Waals surface area contributed by atoms with Gasteiger partial charge in [-0.25, -0.2) is 9.37 Å². The maximum atomic E-state index is 12.6. The van der Waals surface area contributed by atoms with Crippen LogP contribution in [0.5, 0.6) is 0 Å². The van der Waals surface area contributed by atoms with Crippen molar-refractivity contribution in [1.29, 1.82) is 0 Å². The van der Waals surface area contributed by atoms with Gasteiger partial charge in [0.25, 0.3) is 0 Å². The number of nitrogens with zero attached hydrogens (tertiary/aromatic N) is 1. The third-order valence-electron chi connectivity index (χ3n) is 1.85. The Hall–Kier alpha value is -0.940. The quantitative estimate of drug-likeness (QED) is 0.932. The molecule has 0 atom stereocenters. The third kappa shape index (κ3) is 2.76. The topological polar surface area (TPSA) is 24.9 Å². The van der Waals surface area contributed by atoms with Crippen molar-refractivity contribution in [2.45, 2.75) is 6.54 Å². The summed E-state index contributed by atoms with van der Waals surface area (Å²) in [5, 5.41) is 5.13. The van der Waals surface area contributed by atoms with Gasteiger partial charge in [0.1, 0.15) is 11.6 Å². The molecule has 0 fully saturated rings. The predicted molar refractivity (Wildman–Crippen MR) is 63.5 cm³/mol. The summed E-state index contributed by atoms with van der Waals surface area (Å²) in [6.45, 7) is 0.691. The summed E-state index contributed by atoms with van der Waals surface area (Å²) >= 11 is 5.10. The fraction of sp³-hybridized carbons (Fsp3) is 0.100. The van der Waals surface area contributed by atoms with Gasteiger partial charge in [0.15, 0.2) is 0 Å². The highest BCUT2D eigenvalue weighted by Crippen LogP contribution is 2.23.